The van der Waals surface area contributed by atoms with Gasteiger partial charge in [-0.1, -0.05) is 133 Å². The summed E-state index contributed by atoms with van der Waals surface area (Å²) < 4.78 is 38.0. The number of aldehydes is 1. The van der Waals surface area contributed by atoms with Gasteiger partial charge < -0.3 is 38.1 Å². The fraction of sp³-hybridized carbons (Fsp3) is 0.750. The molecule has 0 aliphatic rings. The molecule has 1 aromatic carbocycles. The maximum Gasteiger partial charge on any atom is 0.305 e. The third-order valence-electron chi connectivity index (χ3n) is 12.4. The van der Waals surface area contributed by atoms with Crippen LogP contribution in [0.4, 0.5) is 0 Å². The molecule has 0 fully saturated rings. The van der Waals surface area contributed by atoms with Crippen LogP contribution in [-0.2, 0) is 38.0 Å². The Morgan fingerprint density at radius 1 is 0.507 bits per heavy atom. The number of aryl methyl sites for hydroxylation is 1. The quantitative estimate of drug-likeness (QED) is 0.0168. The van der Waals surface area contributed by atoms with Gasteiger partial charge >= 0.3 is 5.97 Å². The van der Waals surface area contributed by atoms with Crippen molar-refractivity contribution in [2.75, 3.05) is 72.9 Å². The number of allylic oxidation sites excluding steroid dienone is 8. The van der Waals surface area contributed by atoms with Crippen molar-refractivity contribution in [3.8, 4) is 0 Å². The Labute approximate surface area is 465 Å². The Morgan fingerprint density at radius 2 is 0.920 bits per heavy atom. The molecule has 0 aliphatic heterocycles. The second kappa shape index (κ2) is 60.6. The van der Waals surface area contributed by atoms with Crippen LogP contribution in [-0.4, -0.2) is 103 Å². The molecular weight excluding hydrogens is 957 g/mol. The predicted molar refractivity (Wildman–Crippen MR) is 320 cm³/mol. The first kappa shape index (κ1) is 72.4. The van der Waals surface area contributed by atoms with Crippen LogP contribution < -0.4 is 4.72 Å². The Kier molecular flexibility index (Phi) is 58.5. The molecule has 0 saturated carbocycles. The molecule has 10 nitrogen and oxygen atoms in total. The molecule has 1 aromatic rings. The highest BCUT2D eigenvalue weighted by molar-refractivity contribution is 7.97. The molecule has 0 amide bonds. The van der Waals surface area contributed by atoms with Crippen LogP contribution in [0, 0.1) is 6.92 Å². The molecule has 0 aliphatic carbocycles. The number of unbranched alkanes of at least 4 members (excludes halogenated alkanes) is 16. The molecule has 11 heteroatoms. The zero-order chi connectivity index (χ0) is 54.6. The molecule has 434 valence electrons. The number of rotatable bonds is 55. The maximum atomic E-state index is 12.5. The van der Waals surface area contributed by atoms with Crippen molar-refractivity contribution in [1.82, 2.24) is 9.62 Å². The van der Waals surface area contributed by atoms with Gasteiger partial charge in [0.05, 0.1) is 13.0 Å². The number of ether oxygens (including phenoxy) is 6. The lowest BCUT2D eigenvalue weighted by Crippen LogP contribution is -2.32. The van der Waals surface area contributed by atoms with Crippen molar-refractivity contribution in [2.24, 2.45) is 0 Å². The van der Waals surface area contributed by atoms with Gasteiger partial charge in [0, 0.05) is 77.4 Å². The third-order valence-corrected chi connectivity index (χ3v) is 13.3. The molecule has 0 bridgehead atoms. The third kappa shape index (κ3) is 54.5. The summed E-state index contributed by atoms with van der Waals surface area (Å²) in [6, 6.07) is 8.70. The van der Waals surface area contributed by atoms with Gasteiger partial charge in [0.1, 0.15) is 6.29 Å². The smallest absolute Gasteiger partial charge is 0.305 e. The number of carbonyl (C=O) groups is 2. The molecular formula is C64H114N2O8S. The van der Waals surface area contributed by atoms with Gasteiger partial charge in [0.15, 0.2) is 12.6 Å². The number of methoxy groups -OCH3 is 1. The average molecular weight is 1070 g/mol. The van der Waals surface area contributed by atoms with Crippen molar-refractivity contribution in [2.45, 2.75) is 245 Å². The molecule has 75 heavy (non-hydrogen) atoms. The minimum atomic E-state index is -0.340. The van der Waals surface area contributed by atoms with Crippen molar-refractivity contribution in [3.63, 3.8) is 0 Å². The highest BCUT2D eigenvalue weighted by atomic mass is 32.2. The summed E-state index contributed by atoms with van der Waals surface area (Å²) in [5.74, 6) is -0.143. The second-order valence-corrected chi connectivity index (χ2v) is 20.5. The summed E-state index contributed by atoms with van der Waals surface area (Å²) in [5, 5.41) is 0. The predicted octanol–water partition coefficient (Wildman–Crippen LogP) is 17.0. The van der Waals surface area contributed by atoms with E-state index in [1.165, 1.54) is 68.4 Å². The fourth-order valence-electron chi connectivity index (χ4n) is 7.94. The molecule has 0 radical (unpaired) electrons. The van der Waals surface area contributed by atoms with Crippen molar-refractivity contribution in [1.29, 1.82) is 0 Å². The van der Waals surface area contributed by atoms with E-state index < -0.39 is 0 Å². The first-order chi connectivity index (χ1) is 36.9. The molecule has 1 rings (SSSR count). The molecule has 0 spiro atoms. The van der Waals surface area contributed by atoms with E-state index in [9.17, 15) is 9.59 Å². The van der Waals surface area contributed by atoms with Crippen molar-refractivity contribution < 1.29 is 38.0 Å². The van der Waals surface area contributed by atoms with E-state index in [0.717, 1.165) is 148 Å². The summed E-state index contributed by atoms with van der Waals surface area (Å²) in [5.41, 5.74) is 1.30. The van der Waals surface area contributed by atoms with E-state index in [1.807, 2.05) is 0 Å². The summed E-state index contributed by atoms with van der Waals surface area (Å²) in [6.07, 6.45) is 49.4. The van der Waals surface area contributed by atoms with Crippen LogP contribution in [0.2, 0.25) is 0 Å². The Hall–Kier alpha value is -2.61. The summed E-state index contributed by atoms with van der Waals surface area (Å²) in [6.45, 7) is 19.2. The zero-order valence-electron chi connectivity index (χ0n) is 49.1. The molecule has 1 N–H and O–H groups in total. The Bertz CT molecular complexity index is 1410. The first-order valence-corrected chi connectivity index (χ1v) is 31.1. The topological polar surface area (TPSA) is 105 Å². The minimum Gasteiger partial charge on any atom is -0.466 e. The van der Waals surface area contributed by atoms with Gasteiger partial charge in [-0.2, -0.15) is 0 Å². The van der Waals surface area contributed by atoms with Gasteiger partial charge in [-0.05, 0) is 173 Å². The standard InChI is InChI=1S/C44H78N2O5S.C20H36O3/c1-5-7-9-11-18-25-39-50-44(51-40-26-19-12-10-8-6-2)32-31-43(47)49-38-24-20-14-16-22-35-46(34-21-15-13-17-23-37-48-4)36-33-45-52-42-29-27-41(3)28-30-42;1-3-5-7-9-11-13-18-22-20(16-15-17-21)23-19-14-12-10-8-6-4-2/h7-10,27-30,44-45H,5-6,11-26,31-40H2,1-4H3;5-8,17,20H,3-4,9-16,18-19H2,1-2H3/b9-7-,10-8-;7-5-,8-6-. The largest absolute Gasteiger partial charge is 0.466 e. The first-order valence-electron chi connectivity index (χ1n) is 30.3. The lowest BCUT2D eigenvalue weighted by Gasteiger charge is -2.22. The minimum absolute atomic E-state index is 0.143. The highest BCUT2D eigenvalue weighted by Crippen LogP contribution is 2.16. The van der Waals surface area contributed by atoms with Crippen LogP contribution in [0.1, 0.15) is 226 Å². The Morgan fingerprint density at radius 3 is 1.36 bits per heavy atom. The molecule has 0 heterocycles. The molecule has 0 atom stereocenters. The number of hydrogen-bond acceptors (Lipinski definition) is 11. The van der Waals surface area contributed by atoms with Crippen molar-refractivity contribution in [3.05, 3.63) is 78.4 Å². The fourth-order valence-corrected chi connectivity index (χ4v) is 8.57. The lowest BCUT2D eigenvalue weighted by atomic mass is 10.1. The zero-order valence-corrected chi connectivity index (χ0v) is 49.9. The van der Waals surface area contributed by atoms with Gasteiger partial charge in [-0.3, -0.25) is 9.52 Å². The molecule has 0 aromatic heterocycles. The van der Waals surface area contributed by atoms with Gasteiger partial charge in [0.2, 0.25) is 0 Å². The van der Waals surface area contributed by atoms with Crippen molar-refractivity contribution >= 4 is 24.2 Å². The number of nitrogens with zero attached hydrogens (tertiary/aromatic N) is 1. The van der Waals surface area contributed by atoms with E-state index in [1.54, 1.807) is 19.1 Å². The van der Waals surface area contributed by atoms with E-state index in [4.69, 9.17) is 28.4 Å². The lowest BCUT2D eigenvalue weighted by molar-refractivity contribution is -0.159. The highest BCUT2D eigenvalue weighted by Gasteiger charge is 2.14. The summed E-state index contributed by atoms with van der Waals surface area (Å²) in [4.78, 5) is 27.0. The Balaban J connectivity index is 0.00000199. The van der Waals surface area contributed by atoms with Gasteiger partial charge in [-0.15, -0.1) is 0 Å². The maximum absolute atomic E-state index is 12.5. The number of esters is 1. The second-order valence-electron chi connectivity index (χ2n) is 19.5. The molecule has 0 unspecified atom stereocenters. The number of benzene rings is 1. The number of carbonyl (C=O) groups excluding carboxylic acids is 2. The number of nitrogens with one attached hydrogen (secondary N) is 1. The molecule has 0 saturated heterocycles. The summed E-state index contributed by atoms with van der Waals surface area (Å²) >= 11 is 1.73. The monoisotopic (exact) mass is 1070 g/mol. The normalized spacial score (nSPS) is 12.0. The summed E-state index contributed by atoms with van der Waals surface area (Å²) in [7, 11) is 1.79. The van der Waals surface area contributed by atoms with E-state index in [-0.39, 0.29) is 18.5 Å². The van der Waals surface area contributed by atoms with Crippen LogP contribution in [0.25, 0.3) is 0 Å². The van der Waals surface area contributed by atoms with Crippen LogP contribution in [0.5, 0.6) is 0 Å². The van der Waals surface area contributed by atoms with Crippen LogP contribution in [0.15, 0.2) is 77.8 Å². The van der Waals surface area contributed by atoms with Crippen LogP contribution in [0.3, 0.4) is 0 Å². The van der Waals surface area contributed by atoms with Gasteiger partial charge in [-0.25, -0.2) is 0 Å². The van der Waals surface area contributed by atoms with E-state index >= 15 is 0 Å². The average Bonchev–Trinajstić information content (AvgIpc) is 3.42. The number of hydrogen-bond donors (Lipinski definition) is 1. The SMILES string of the molecule is CC/C=C\CCCCOC(CCC(=O)OCCCCCCCN(CCCCCCCOC)CCNSc1ccc(C)cc1)OCCCC/C=C\CC.CC/C=C\CCCCOC(CCC=O)OCCCC/C=C\CC. The van der Waals surface area contributed by atoms with Gasteiger partial charge in [0.25, 0.3) is 0 Å². The van der Waals surface area contributed by atoms with Crippen LogP contribution >= 0.6 is 11.9 Å². The van der Waals surface area contributed by atoms with E-state index in [2.05, 4.69) is 117 Å². The van der Waals surface area contributed by atoms with E-state index in [0.29, 0.717) is 58.7 Å².